The van der Waals surface area contributed by atoms with Crippen LogP contribution in [0.25, 0.3) is 0 Å². The van der Waals surface area contributed by atoms with Gasteiger partial charge in [-0.1, -0.05) is 19.8 Å². The summed E-state index contributed by atoms with van der Waals surface area (Å²) in [5.41, 5.74) is 7.29. The van der Waals surface area contributed by atoms with Crippen molar-refractivity contribution in [2.75, 3.05) is 30.8 Å². The highest BCUT2D eigenvalue weighted by atomic mass is 16.2. The van der Waals surface area contributed by atoms with Crippen molar-refractivity contribution in [2.24, 2.45) is 0 Å². The second-order valence-corrected chi connectivity index (χ2v) is 5.55. The Hall–Kier alpha value is -1.55. The van der Waals surface area contributed by atoms with Gasteiger partial charge in [0.15, 0.2) is 0 Å². The molecule has 110 valence electrons. The molecule has 0 spiro atoms. The van der Waals surface area contributed by atoms with Gasteiger partial charge in [-0.05, 0) is 43.7 Å². The van der Waals surface area contributed by atoms with Crippen LogP contribution >= 0.6 is 0 Å². The number of hydrogen-bond acceptors (Lipinski definition) is 3. The molecule has 0 radical (unpaired) electrons. The van der Waals surface area contributed by atoms with Crippen molar-refractivity contribution in [2.45, 2.75) is 38.6 Å². The van der Waals surface area contributed by atoms with Gasteiger partial charge in [0.05, 0.1) is 6.54 Å². The van der Waals surface area contributed by atoms with Gasteiger partial charge >= 0.3 is 0 Å². The standard InChI is InChI=1S/C16H25N3O/c1-3-19(15-6-4-5-7-15)12-16(20)18(2)14-10-8-13(17)9-11-14/h8-11,15H,3-7,12,17H2,1-2H3. The van der Waals surface area contributed by atoms with Gasteiger partial charge < -0.3 is 10.6 Å². The number of likely N-dealkylation sites (N-methyl/N-ethyl adjacent to an activating group) is 2. The monoisotopic (exact) mass is 275 g/mol. The number of nitrogen functional groups attached to an aromatic ring is 1. The van der Waals surface area contributed by atoms with Crippen molar-refractivity contribution < 1.29 is 4.79 Å². The van der Waals surface area contributed by atoms with E-state index in [4.69, 9.17) is 5.73 Å². The van der Waals surface area contributed by atoms with Crippen LogP contribution in [-0.4, -0.2) is 37.0 Å². The van der Waals surface area contributed by atoms with Gasteiger partial charge in [0.1, 0.15) is 0 Å². The summed E-state index contributed by atoms with van der Waals surface area (Å²) in [4.78, 5) is 16.4. The molecule has 1 amide bonds. The number of carbonyl (C=O) groups is 1. The summed E-state index contributed by atoms with van der Waals surface area (Å²) in [5, 5.41) is 0. The van der Waals surface area contributed by atoms with Crippen LogP contribution in [0.3, 0.4) is 0 Å². The molecule has 1 aromatic carbocycles. The van der Waals surface area contributed by atoms with Crippen LogP contribution < -0.4 is 10.6 Å². The number of amides is 1. The third-order valence-electron chi connectivity index (χ3n) is 4.24. The second-order valence-electron chi connectivity index (χ2n) is 5.55. The molecule has 4 nitrogen and oxygen atoms in total. The summed E-state index contributed by atoms with van der Waals surface area (Å²) in [7, 11) is 1.83. The third kappa shape index (κ3) is 3.51. The summed E-state index contributed by atoms with van der Waals surface area (Å²) in [6, 6.07) is 8.02. The van der Waals surface area contributed by atoms with E-state index in [9.17, 15) is 4.79 Å². The first-order valence-corrected chi connectivity index (χ1v) is 7.48. The smallest absolute Gasteiger partial charge is 0.240 e. The minimum absolute atomic E-state index is 0.142. The highest BCUT2D eigenvalue weighted by Gasteiger charge is 2.24. The van der Waals surface area contributed by atoms with Crippen LogP contribution in [0.4, 0.5) is 11.4 Å². The van der Waals surface area contributed by atoms with Crippen molar-refractivity contribution in [3.05, 3.63) is 24.3 Å². The van der Waals surface area contributed by atoms with Crippen molar-refractivity contribution in [3.63, 3.8) is 0 Å². The Kier molecular flexibility index (Phi) is 5.01. The third-order valence-corrected chi connectivity index (χ3v) is 4.24. The van der Waals surface area contributed by atoms with E-state index >= 15 is 0 Å². The number of rotatable bonds is 5. The fourth-order valence-corrected chi connectivity index (χ4v) is 2.89. The highest BCUT2D eigenvalue weighted by molar-refractivity contribution is 5.94. The van der Waals surface area contributed by atoms with Crippen LogP contribution in [0.15, 0.2) is 24.3 Å². The Morgan fingerprint density at radius 1 is 1.25 bits per heavy atom. The molecule has 0 atom stereocenters. The normalized spacial score (nSPS) is 15.8. The Balaban J connectivity index is 1.97. The number of hydrogen-bond donors (Lipinski definition) is 1. The van der Waals surface area contributed by atoms with E-state index in [1.54, 1.807) is 4.90 Å². The van der Waals surface area contributed by atoms with E-state index < -0.39 is 0 Å². The van der Waals surface area contributed by atoms with Crippen LogP contribution in [0.1, 0.15) is 32.6 Å². The summed E-state index contributed by atoms with van der Waals surface area (Å²) >= 11 is 0. The molecule has 1 fully saturated rings. The first-order chi connectivity index (χ1) is 9.61. The molecule has 20 heavy (non-hydrogen) atoms. The predicted octanol–water partition coefficient (Wildman–Crippen LogP) is 2.50. The lowest BCUT2D eigenvalue weighted by atomic mass is 10.2. The topological polar surface area (TPSA) is 49.6 Å². The molecule has 0 aliphatic heterocycles. The number of benzene rings is 1. The number of carbonyl (C=O) groups excluding carboxylic acids is 1. The van der Waals surface area contributed by atoms with Gasteiger partial charge in [-0.15, -0.1) is 0 Å². The molecule has 0 heterocycles. The minimum Gasteiger partial charge on any atom is -0.399 e. The first-order valence-electron chi connectivity index (χ1n) is 7.48. The van der Waals surface area contributed by atoms with Gasteiger partial charge in [-0.2, -0.15) is 0 Å². The number of nitrogens with zero attached hydrogens (tertiary/aromatic N) is 2. The molecule has 0 aromatic heterocycles. The molecule has 1 aliphatic rings. The summed E-state index contributed by atoms with van der Waals surface area (Å²) in [6.07, 6.45) is 5.05. The van der Waals surface area contributed by atoms with E-state index in [1.807, 2.05) is 31.3 Å². The van der Waals surface area contributed by atoms with Gasteiger partial charge in [-0.3, -0.25) is 9.69 Å². The summed E-state index contributed by atoms with van der Waals surface area (Å²) in [6.45, 7) is 3.57. The fourth-order valence-electron chi connectivity index (χ4n) is 2.89. The fraction of sp³-hybridized carbons (Fsp3) is 0.562. The predicted molar refractivity (Wildman–Crippen MR) is 83.8 cm³/mol. The zero-order valence-corrected chi connectivity index (χ0v) is 12.5. The minimum atomic E-state index is 0.142. The largest absolute Gasteiger partial charge is 0.399 e. The van der Waals surface area contributed by atoms with Crippen LogP contribution in [-0.2, 0) is 4.79 Å². The van der Waals surface area contributed by atoms with E-state index in [1.165, 1.54) is 25.7 Å². The second kappa shape index (κ2) is 6.75. The number of anilines is 2. The van der Waals surface area contributed by atoms with Gasteiger partial charge in [-0.25, -0.2) is 0 Å². The Morgan fingerprint density at radius 3 is 2.40 bits per heavy atom. The maximum atomic E-state index is 12.4. The van der Waals surface area contributed by atoms with E-state index in [0.29, 0.717) is 12.6 Å². The zero-order valence-electron chi connectivity index (χ0n) is 12.5. The van der Waals surface area contributed by atoms with Crippen molar-refractivity contribution >= 4 is 17.3 Å². The summed E-state index contributed by atoms with van der Waals surface area (Å²) < 4.78 is 0. The van der Waals surface area contributed by atoms with Crippen molar-refractivity contribution in [3.8, 4) is 0 Å². The van der Waals surface area contributed by atoms with Gasteiger partial charge in [0.25, 0.3) is 0 Å². The molecule has 2 rings (SSSR count). The van der Waals surface area contributed by atoms with Crippen LogP contribution in [0.5, 0.6) is 0 Å². The first kappa shape index (κ1) is 14.9. The highest BCUT2D eigenvalue weighted by Crippen LogP contribution is 2.23. The number of nitrogens with two attached hydrogens (primary N) is 1. The Morgan fingerprint density at radius 2 is 1.85 bits per heavy atom. The van der Waals surface area contributed by atoms with Crippen molar-refractivity contribution in [1.29, 1.82) is 0 Å². The van der Waals surface area contributed by atoms with E-state index in [0.717, 1.165) is 17.9 Å². The molecule has 2 N–H and O–H groups in total. The van der Waals surface area contributed by atoms with Crippen LogP contribution in [0, 0.1) is 0 Å². The summed E-state index contributed by atoms with van der Waals surface area (Å²) in [5.74, 6) is 0.142. The van der Waals surface area contributed by atoms with Crippen molar-refractivity contribution in [1.82, 2.24) is 4.90 Å². The lowest BCUT2D eigenvalue weighted by Crippen LogP contribution is -2.42. The average Bonchev–Trinajstić information content (AvgIpc) is 2.98. The molecule has 0 unspecified atom stereocenters. The maximum Gasteiger partial charge on any atom is 0.240 e. The molecule has 1 saturated carbocycles. The molecule has 4 heteroatoms. The quantitative estimate of drug-likeness (QED) is 0.840. The lowest BCUT2D eigenvalue weighted by Gasteiger charge is -2.29. The molecule has 1 aromatic rings. The SMILES string of the molecule is CCN(CC(=O)N(C)c1ccc(N)cc1)C1CCCC1. The van der Waals surface area contributed by atoms with E-state index in [-0.39, 0.29) is 5.91 Å². The van der Waals surface area contributed by atoms with Crippen LogP contribution in [0.2, 0.25) is 0 Å². The Bertz CT molecular complexity index is 438. The molecular weight excluding hydrogens is 250 g/mol. The van der Waals surface area contributed by atoms with Gasteiger partial charge in [0, 0.05) is 24.5 Å². The lowest BCUT2D eigenvalue weighted by molar-refractivity contribution is -0.119. The maximum absolute atomic E-state index is 12.4. The zero-order chi connectivity index (χ0) is 14.5. The molecular formula is C16H25N3O. The molecule has 0 bridgehead atoms. The van der Waals surface area contributed by atoms with E-state index in [2.05, 4.69) is 11.8 Å². The van der Waals surface area contributed by atoms with Gasteiger partial charge in [0.2, 0.25) is 5.91 Å². The molecule has 0 saturated heterocycles. The Labute approximate surface area is 121 Å². The average molecular weight is 275 g/mol. The molecule has 1 aliphatic carbocycles.